The molecule has 0 saturated heterocycles. The van der Waals surface area contributed by atoms with E-state index in [1.54, 1.807) is 4.40 Å². The molecule has 0 atom stereocenters. The normalized spacial score (nSPS) is 12.0. The van der Waals surface area contributed by atoms with E-state index in [2.05, 4.69) is 10.2 Å². The van der Waals surface area contributed by atoms with Crippen LogP contribution >= 0.6 is 11.3 Å². The van der Waals surface area contributed by atoms with Crippen molar-refractivity contribution in [3.8, 4) is 17.1 Å². The first kappa shape index (κ1) is 16.5. The van der Waals surface area contributed by atoms with Gasteiger partial charge in [0.15, 0.2) is 5.82 Å². The van der Waals surface area contributed by atoms with Gasteiger partial charge < -0.3 is 4.74 Å². The summed E-state index contributed by atoms with van der Waals surface area (Å²) in [4.78, 5) is 13.5. The molecule has 5 nitrogen and oxygen atoms in total. The van der Waals surface area contributed by atoms with Crippen LogP contribution in [0.3, 0.4) is 0 Å². The van der Waals surface area contributed by atoms with E-state index in [0.717, 1.165) is 22.4 Å². The molecule has 4 aromatic rings. The van der Waals surface area contributed by atoms with Crippen LogP contribution < -0.4 is 14.8 Å². The summed E-state index contributed by atoms with van der Waals surface area (Å²) in [6.45, 7) is 4.59. The SMILES string of the molecule is CCOc1ccc(/C=c2\sc3nnc(-c4cccc(C)c4)n3c2=O)cc1. The number of aryl methyl sites for hydroxylation is 1. The lowest BCUT2D eigenvalue weighted by Gasteiger charge is -2.01. The van der Waals surface area contributed by atoms with Crippen molar-refractivity contribution in [3.63, 3.8) is 0 Å². The van der Waals surface area contributed by atoms with E-state index < -0.39 is 0 Å². The fraction of sp³-hybridized carbons (Fsp3) is 0.150. The molecule has 0 aliphatic carbocycles. The molecule has 4 rings (SSSR count). The zero-order valence-electron chi connectivity index (χ0n) is 14.5. The predicted molar refractivity (Wildman–Crippen MR) is 104 cm³/mol. The maximum absolute atomic E-state index is 12.9. The quantitative estimate of drug-likeness (QED) is 0.559. The van der Waals surface area contributed by atoms with Gasteiger partial charge in [-0.3, -0.25) is 4.79 Å². The van der Waals surface area contributed by atoms with E-state index in [0.29, 0.717) is 21.9 Å². The maximum atomic E-state index is 12.9. The Kier molecular flexibility index (Phi) is 4.26. The van der Waals surface area contributed by atoms with Crippen molar-refractivity contribution < 1.29 is 4.74 Å². The maximum Gasteiger partial charge on any atom is 0.276 e. The van der Waals surface area contributed by atoms with Crippen LogP contribution in [-0.2, 0) is 0 Å². The van der Waals surface area contributed by atoms with Crippen molar-refractivity contribution in [2.75, 3.05) is 6.61 Å². The van der Waals surface area contributed by atoms with Crippen LogP contribution in [0.2, 0.25) is 0 Å². The monoisotopic (exact) mass is 363 g/mol. The number of ether oxygens (including phenoxy) is 1. The standard InChI is InChI=1S/C20H17N3O2S/c1-3-25-16-9-7-14(8-10-16)12-17-19(24)23-18(21-22-20(23)26-17)15-6-4-5-13(2)11-15/h4-12H,3H2,1-2H3/b17-12-. The molecule has 0 bridgehead atoms. The molecule has 0 saturated carbocycles. The Morgan fingerprint density at radius 1 is 1.15 bits per heavy atom. The van der Waals surface area contributed by atoms with E-state index in [4.69, 9.17) is 4.74 Å². The molecule has 2 heterocycles. The van der Waals surface area contributed by atoms with Gasteiger partial charge >= 0.3 is 0 Å². The third-order valence-corrected chi connectivity index (χ3v) is 4.97. The summed E-state index contributed by atoms with van der Waals surface area (Å²) >= 11 is 1.34. The Labute approximate surface area is 154 Å². The van der Waals surface area contributed by atoms with Crippen molar-refractivity contribution >= 4 is 22.4 Å². The fourth-order valence-electron chi connectivity index (χ4n) is 2.81. The first-order chi connectivity index (χ1) is 12.7. The molecular weight excluding hydrogens is 346 g/mol. The van der Waals surface area contributed by atoms with Gasteiger partial charge in [0, 0.05) is 5.56 Å². The second-order valence-corrected chi connectivity index (χ2v) is 6.94. The predicted octanol–water partition coefficient (Wildman–Crippen LogP) is 3.07. The van der Waals surface area contributed by atoms with Crippen LogP contribution in [0.4, 0.5) is 0 Å². The average molecular weight is 363 g/mol. The Morgan fingerprint density at radius 2 is 1.96 bits per heavy atom. The van der Waals surface area contributed by atoms with Gasteiger partial charge in [0.1, 0.15) is 5.75 Å². The highest BCUT2D eigenvalue weighted by molar-refractivity contribution is 7.15. The number of benzene rings is 2. The first-order valence-electron chi connectivity index (χ1n) is 8.35. The molecule has 0 radical (unpaired) electrons. The molecule has 26 heavy (non-hydrogen) atoms. The topological polar surface area (TPSA) is 56.5 Å². The van der Waals surface area contributed by atoms with E-state index in [9.17, 15) is 4.79 Å². The Hall–Kier alpha value is -2.99. The van der Waals surface area contributed by atoms with Gasteiger partial charge in [0.2, 0.25) is 4.96 Å². The molecular formula is C20H17N3O2S. The van der Waals surface area contributed by atoms with Gasteiger partial charge in [0.25, 0.3) is 5.56 Å². The smallest absolute Gasteiger partial charge is 0.276 e. The molecule has 2 aromatic heterocycles. The van der Waals surface area contributed by atoms with Crippen LogP contribution in [-0.4, -0.2) is 21.2 Å². The lowest BCUT2D eigenvalue weighted by Crippen LogP contribution is -2.23. The molecule has 0 spiro atoms. The minimum atomic E-state index is -0.0969. The molecule has 0 unspecified atom stereocenters. The van der Waals surface area contributed by atoms with Crippen LogP contribution in [0.5, 0.6) is 5.75 Å². The van der Waals surface area contributed by atoms with Gasteiger partial charge in [-0.25, -0.2) is 4.40 Å². The van der Waals surface area contributed by atoms with Crippen LogP contribution in [0, 0.1) is 6.92 Å². The minimum absolute atomic E-state index is 0.0969. The highest BCUT2D eigenvalue weighted by atomic mass is 32.1. The van der Waals surface area contributed by atoms with E-state index in [-0.39, 0.29) is 5.56 Å². The molecule has 130 valence electrons. The Balaban J connectivity index is 1.80. The summed E-state index contributed by atoms with van der Waals surface area (Å²) in [6.07, 6.45) is 1.87. The summed E-state index contributed by atoms with van der Waals surface area (Å²) in [5, 5.41) is 8.38. The second-order valence-electron chi connectivity index (χ2n) is 5.93. The van der Waals surface area contributed by atoms with Gasteiger partial charge in [-0.2, -0.15) is 0 Å². The van der Waals surface area contributed by atoms with Gasteiger partial charge in [-0.1, -0.05) is 47.2 Å². The van der Waals surface area contributed by atoms with Gasteiger partial charge in [0.05, 0.1) is 11.1 Å². The largest absolute Gasteiger partial charge is 0.494 e. The van der Waals surface area contributed by atoms with Crippen LogP contribution in [0.25, 0.3) is 22.4 Å². The Bertz CT molecular complexity index is 1180. The number of thiazole rings is 1. The zero-order chi connectivity index (χ0) is 18.1. The number of hydrogen-bond donors (Lipinski definition) is 0. The van der Waals surface area contributed by atoms with Crippen LogP contribution in [0.1, 0.15) is 18.1 Å². The fourth-order valence-corrected chi connectivity index (χ4v) is 3.72. The Morgan fingerprint density at radius 3 is 2.69 bits per heavy atom. The third-order valence-electron chi connectivity index (χ3n) is 4.01. The lowest BCUT2D eigenvalue weighted by molar-refractivity contribution is 0.340. The highest BCUT2D eigenvalue weighted by Crippen LogP contribution is 2.19. The zero-order valence-corrected chi connectivity index (χ0v) is 15.3. The number of hydrogen-bond acceptors (Lipinski definition) is 5. The first-order valence-corrected chi connectivity index (χ1v) is 9.17. The average Bonchev–Trinajstić information content (AvgIpc) is 3.18. The molecule has 0 fully saturated rings. The molecule has 0 aliphatic rings. The molecule has 0 amide bonds. The summed E-state index contributed by atoms with van der Waals surface area (Å²) in [5.41, 5.74) is 2.85. The van der Waals surface area contributed by atoms with Crippen LogP contribution in [0.15, 0.2) is 53.3 Å². The number of rotatable bonds is 4. The molecule has 2 aromatic carbocycles. The molecule has 0 N–H and O–H groups in total. The second kappa shape index (κ2) is 6.72. The molecule has 0 aliphatic heterocycles. The summed E-state index contributed by atoms with van der Waals surface area (Å²) in [5.74, 6) is 1.40. The third kappa shape index (κ3) is 2.99. The lowest BCUT2D eigenvalue weighted by atomic mass is 10.1. The number of fused-ring (bicyclic) bond motifs is 1. The summed E-state index contributed by atoms with van der Waals surface area (Å²) in [6, 6.07) is 15.6. The minimum Gasteiger partial charge on any atom is -0.494 e. The van der Waals surface area contributed by atoms with E-state index >= 15 is 0 Å². The number of nitrogens with zero attached hydrogens (tertiary/aromatic N) is 3. The highest BCUT2D eigenvalue weighted by Gasteiger charge is 2.14. The van der Waals surface area contributed by atoms with E-state index in [1.165, 1.54) is 11.3 Å². The number of aromatic nitrogens is 3. The molecule has 6 heteroatoms. The van der Waals surface area contributed by atoms with Crippen molar-refractivity contribution in [1.29, 1.82) is 0 Å². The van der Waals surface area contributed by atoms with Crippen molar-refractivity contribution in [2.45, 2.75) is 13.8 Å². The summed E-state index contributed by atoms with van der Waals surface area (Å²) < 4.78 is 7.66. The van der Waals surface area contributed by atoms with Gasteiger partial charge in [-0.05, 0) is 43.7 Å². The van der Waals surface area contributed by atoms with Crippen molar-refractivity contribution in [1.82, 2.24) is 14.6 Å². The van der Waals surface area contributed by atoms with Crippen molar-refractivity contribution in [2.24, 2.45) is 0 Å². The van der Waals surface area contributed by atoms with Gasteiger partial charge in [-0.15, -0.1) is 10.2 Å². The summed E-state index contributed by atoms with van der Waals surface area (Å²) in [7, 11) is 0. The van der Waals surface area contributed by atoms with E-state index in [1.807, 2.05) is 68.5 Å². The van der Waals surface area contributed by atoms with Crippen molar-refractivity contribution in [3.05, 3.63) is 74.5 Å².